The van der Waals surface area contributed by atoms with Gasteiger partial charge in [0.05, 0.1) is 18.2 Å². The molecule has 3 rings (SSSR count). The average molecular weight is 354 g/mol. The van der Waals surface area contributed by atoms with Crippen molar-refractivity contribution in [3.63, 3.8) is 0 Å². The van der Waals surface area contributed by atoms with Crippen LogP contribution in [0.3, 0.4) is 0 Å². The third kappa shape index (κ3) is 4.10. The number of hydrogen-bond acceptors (Lipinski definition) is 3. The molecule has 1 unspecified atom stereocenters. The molecule has 3 nitrogen and oxygen atoms in total. The maximum absolute atomic E-state index is 14.0. The Morgan fingerprint density at radius 1 is 1.43 bits per heavy atom. The summed E-state index contributed by atoms with van der Waals surface area (Å²) in [7, 11) is 0. The van der Waals surface area contributed by atoms with E-state index >= 15 is 0 Å². The Morgan fingerprint density at radius 3 is 3.00 bits per heavy atom. The summed E-state index contributed by atoms with van der Waals surface area (Å²) in [6.07, 6.45) is 1.94. The van der Waals surface area contributed by atoms with Gasteiger partial charge in [-0.1, -0.05) is 17.7 Å². The molecular formula is C17H17ClFNO2S. The molecule has 1 aromatic heterocycles. The van der Waals surface area contributed by atoms with Crippen LogP contribution in [0.4, 0.5) is 4.39 Å². The molecule has 6 heteroatoms. The molecule has 0 radical (unpaired) electrons. The molecule has 1 fully saturated rings. The van der Waals surface area contributed by atoms with Crippen molar-refractivity contribution in [3.05, 3.63) is 57.0 Å². The zero-order chi connectivity index (χ0) is 16.2. The Balaban J connectivity index is 1.83. The molecular weight excluding hydrogens is 337 g/mol. The summed E-state index contributed by atoms with van der Waals surface area (Å²) in [6, 6.07) is 7.96. The summed E-state index contributed by atoms with van der Waals surface area (Å²) < 4.78 is 19.7. The van der Waals surface area contributed by atoms with Crippen LogP contribution >= 0.6 is 22.9 Å². The van der Waals surface area contributed by atoms with E-state index in [4.69, 9.17) is 16.3 Å². The van der Waals surface area contributed by atoms with Crippen LogP contribution in [0.1, 0.15) is 28.1 Å². The van der Waals surface area contributed by atoms with Crippen LogP contribution in [0.5, 0.6) is 0 Å². The lowest BCUT2D eigenvalue weighted by Gasteiger charge is -2.25. The van der Waals surface area contributed by atoms with Gasteiger partial charge in [0.1, 0.15) is 5.82 Å². The molecule has 1 aliphatic heterocycles. The molecule has 0 spiro atoms. The van der Waals surface area contributed by atoms with Crippen molar-refractivity contribution in [2.45, 2.75) is 25.5 Å². The van der Waals surface area contributed by atoms with Gasteiger partial charge in [-0.2, -0.15) is 0 Å². The fourth-order valence-corrected chi connectivity index (χ4v) is 3.57. The van der Waals surface area contributed by atoms with Crippen LogP contribution < -0.4 is 0 Å². The monoisotopic (exact) mass is 353 g/mol. The molecule has 2 heterocycles. The molecule has 1 saturated heterocycles. The number of amides is 1. The lowest BCUT2D eigenvalue weighted by atomic mass is 10.1. The van der Waals surface area contributed by atoms with E-state index in [1.54, 1.807) is 16.2 Å². The summed E-state index contributed by atoms with van der Waals surface area (Å²) in [5.74, 6) is -0.906. The first-order chi connectivity index (χ1) is 11.1. The Labute approximate surface area is 143 Å². The van der Waals surface area contributed by atoms with Crippen molar-refractivity contribution < 1.29 is 13.9 Å². The van der Waals surface area contributed by atoms with Crippen LogP contribution in [0.15, 0.2) is 35.7 Å². The van der Waals surface area contributed by atoms with Gasteiger partial charge in [0.25, 0.3) is 5.91 Å². The van der Waals surface area contributed by atoms with Gasteiger partial charge in [0, 0.05) is 23.1 Å². The second kappa shape index (κ2) is 7.43. The number of carbonyl (C=O) groups excluding carboxylic acids is 1. The van der Waals surface area contributed by atoms with Crippen molar-refractivity contribution in [2.24, 2.45) is 0 Å². The lowest BCUT2D eigenvalue weighted by molar-refractivity contribution is 0.0506. The first-order valence-electron chi connectivity index (χ1n) is 7.52. The maximum Gasteiger partial charge on any atom is 0.257 e. The maximum atomic E-state index is 14.0. The summed E-state index contributed by atoms with van der Waals surface area (Å²) in [6.45, 7) is 1.63. The summed E-state index contributed by atoms with van der Waals surface area (Å²) >= 11 is 7.49. The SMILES string of the molecule is O=C(c1cc(Cl)ccc1F)N(Cc1cccs1)CC1CCCO1. The third-order valence-electron chi connectivity index (χ3n) is 3.82. The van der Waals surface area contributed by atoms with E-state index in [2.05, 4.69) is 0 Å². The molecule has 0 bridgehead atoms. The smallest absolute Gasteiger partial charge is 0.257 e. The van der Waals surface area contributed by atoms with Gasteiger partial charge in [-0.3, -0.25) is 4.79 Å². The number of nitrogens with zero attached hydrogens (tertiary/aromatic N) is 1. The first kappa shape index (κ1) is 16.4. The van der Waals surface area contributed by atoms with E-state index < -0.39 is 5.82 Å². The summed E-state index contributed by atoms with van der Waals surface area (Å²) in [5.41, 5.74) is 0.00653. The highest BCUT2D eigenvalue weighted by Crippen LogP contribution is 2.22. The van der Waals surface area contributed by atoms with E-state index in [0.717, 1.165) is 24.3 Å². The number of carbonyl (C=O) groups is 1. The Kier molecular flexibility index (Phi) is 5.30. The zero-order valence-electron chi connectivity index (χ0n) is 12.5. The van der Waals surface area contributed by atoms with E-state index in [9.17, 15) is 9.18 Å². The number of benzene rings is 1. The molecule has 122 valence electrons. The Bertz CT molecular complexity index is 671. The fourth-order valence-electron chi connectivity index (χ4n) is 2.68. The van der Waals surface area contributed by atoms with Crippen LogP contribution in [0.2, 0.25) is 5.02 Å². The largest absolute Gasteiger partial charge is 0.376 e. The van der Waals surface area contributed by atoms with Gasteiger partial charge in [-0.05, 0) is 42.5 Å². The van der Waals surface area contributed by atoms with Crippen LogP contribution in [0, 0.1) is 5.82 Å². The highest BCUT2D eigenvalue weighted by Gasteiger charge is 2.25. The van der Waals surface area contributed by atoms with E-state index in [-0.39, 0.29) is 17.6 Å². The van der Waals surface area contributed by atoms with E-state index in [0.29, 0.717) is 18.1 Å². The van der Waals surface area contributed by atoms with Gasteiger partial charge < -0.3 is 9.64 Å². The minimum absolute atomic E-state index is 0.00653. The predicted octanol–water partition coefficient (Wildman–Crippen LogP) is 4.36. The fraction of sp³-hybridized carbons (Fsp3) is 0.353. The summed E-state index contributed by atoms with van der Waals surface area (Å²) in [4.78, 5) is 15.5. The zero-order valence-corrected chi connectivity index (χ0v) is 14.1. The molecule has 1 atom stereocenters. The van der Waals surface area contributed by atoms with E-state index in [1.807, 2.05) is 17.5 Å². The number of halogens is 2. The molecule has 0 N–H and O–H groups in total. The van der Waals surface area contributed by atoms with Crippen molar-refractivity contribution in [2.75, 3.05) is 13.2 Å². The van der Waals surface area contributed by atoms with Crippen molar-refractivity contribution in [1.82, 2.24) is 4.90 Å². The molecule has 0 saturated carbocycles. The van der Waals surface area contributed by atoms with Crippen LogP contribution in [0.25, 0.3) is 0 Å². The van der Waals surface area contributed by atoms with Gasteiger partial charge >= 0.3 is 0 Å². The van der Waals surface area contributed by atoms with Crippen molar-refractivity contribution in [3.8, 4) is 0 Å². The molecule has 23 heavy (non-hydrogen) atoms. The molecule has 1 aromatic carbocycles. The Hall–Kier alpha value is -1.43. The topological polar surface area (TPSA) is 29.5 Å². The second-order valence-corrected chi connectivity index (χ2v) is 6.99. The van der Waals surface area contributed by atoms with Gasteiger partial charge in [0.15, 0.2) is 0 Å². The highest BCUT2D eigenvalue weighted by atomic mass is 35.5. The molecule has 0 aliphatic carbocycles. The molecule has 1 aliphatic rings. The van der Waals surface area contributed by atoms with E-state index in [1.165, 1.54) is 18.2 Å². The van der Waals surface area contributed by atoms with Crippen molar-refractivity contribution in [1.29, 1.82) is 0 Å². The van der Waals surface area contributed by atoms with Gasteiger partial charge in [0.2, 0.25) is 0 Å². The number of rotatable bonds is 5. The normalized spacial score (nSPS) is 17.4. The summed E-state index contributed by atoms with van der Waals surface area (Å²) in [5, 5.41) is 2.31. The standard InChI is InChI=1S/C17H17ClFNO2S/c18-12-5-6-16(19)15(9-12)17(21)20(10-13-3-1-7-22-13)11-14-4-2-8-23-14/h2,4-6,8-9,13H,1,3,7,10-11H2. The second-order valence-electron chi connectivity index (χ2n) is 5.52. The number of hydrogen-bond donors (Lipinski definition) is 0. The van der Waals surface area contributed by atoms with Gasteiger partial charge in [-0.25, -0.2) is 4.39 Å². The van der Waals surface area contributed by atoms with Crippen LogP contribution in [-0.2, 0) is 11.3 Å². The third-order valence-corrected chi connectivity index (χ3v) is 4.92. The highest BCUT2D eigenvalue weighted by molar-refractivity contribution is 7.09. The lowest BCUT2D eigenvalue weighted by Crippen LogP contribution is -2.37. The minimum atomic E-state index is -0.553. The molecule has 2 aromatic rings. The van der Waals surface area contributed by atoms with Crippen LogP contribution in [-0.4, -0.2) is 30.1 Å². The first-order valence-corrected chi connectivity index (χ1v) is 8.77. The number of thiophene rings is 1. The number of ether oxygens (including phenoxy) is 1. The quantitative estimate of drug-likeness (QED) is 0.799. The molecule has 1 amide bonds. The van der Waals surface area contributed by atoms with Gasteiger partial charge in [-0.15, -0.1) is 11.3 Å². The van der Waals surface area contributed by atoms with Crippen molar-refractivity contribution >= 4 is 28.8 Å². The Morgan fingerprint density at radius 2 is 2.30 bits per heavy atom. The average Bonchev–Trinajstić information content (AvgIpc) is 3.22. The predicted molar refractivity (Wildman–Crippen MR) is 89.4 cm³/mol. The minimum Gasteiger partial charge on any atom is -0.376 e.